The van der Waals surface area contributed by atoms with Crippen molar-refractivity contribution in [2.45, 2.75) is 28.5 Å². The molecule has 94 valence electrons. The number of hydrogen-bond acceptors (Lipinski definition) is 1. The summed E-state index contributed by atoms with van der Waals surface area (Å²) in [5.41, 5.74) is 2.26. The van der Waals surface area contributed by atoms with Crippen molar-refractivity contribution in [3.05, 3.63) is 59.7 Å². The first kappa shape index (κ1) is 13.5. The third-order valence-electron chi connectivity index (χ3n) is 2.78. The summed E-state index contributed by atoms with van der Waals surface area (Å²) in [6.07, 6.45) is 0. The Labute approximate surface area is 119 Å². The van der Waals surface area contributed by atoms with E-state index in [2.05, 4.69) is 15.9 Å². The standard InChI is InChI=1S/C15H15BrOS/c1-11-7-9-13(10-8-11)18(17)15-6-4-3-5-14(15)12(2)16/h3-10,12H,1-2H3/t12-,18?/m1/s1. The second-order valence-corrected chi connectivity index (χ2v) is 7.06. The van der Waals surface area contributed by atoms with Gasteiger partial charge in [-0.1, -0.05) is 51.8 Å². The molecule has 0 radical (unpaired) electrons. The van der Waals surface area contributed by atoms with Crippen molar-refractivity contribution < 1.29 is 4.21 Å². The normalized spacial score (nSPS) is 14.2. The summed E-state index contributed by atoms with van der Waals surface area (Å²) < 4.78 is 12.6. The van der Waals surface area contributed by atoms with Crippen molar-refractivity contribution in [1.82, 2.24) is 0 Å². The van der Waals surface area contributed by atoms with Gasteiger partial charge in [0.25, 0.3) is 0 Å². The van der Waals surface area contributed by atoms with Gasteiger partial charge in [-0.2, -0.15) is 0 Å². The smallest absolute Gasteiger partial charge is 0.0852 e. The van der Waals surface area contributed by atoms with Gasteiger partial charge in [0.15, 0.2) is 0 Å². The van der Waals surface area contributed by atoms with Gasteiger partial charge in [-0.25, -0.2) is 4.21 Å². The molecule has 0 heterocycles. The molecular formula is C15H15BrOS. The molecular weight excluding hydrogens is 308 g/mol. The summed E-state index contributed by atoms with van der Waals surface area (Å²) >= 11 is 3.55. The summed E-state index contributed by atoms with van der Waals surface area (Å²) in [6, 6.07) is 15.7. The molecule has 0 saturated carbocycles. The van der Waals surface area contributed by atoms with E-state index in [1.54, 1.807) is 0 Å². The van der Waals surface area contributed by atoms with E-state index in [9.17, 15) is 4.21 Å². The van der Waals surface area contributed by atoms with Gasteiger partial charge in [0.1, 0.15) is 0 Å². The van der Waals surface area contributed by atoms with Crippen molar-refractivity contribution >= 4 is 26.7 Å². The van der Waals surface area contributed by atoms with Crippen LogP contribution in [0, 0.1) is 6.92 Å². The fourth-order valence-electron chi connectivity index (χ4n) is 1.77. The molecule has 0 aliphatic carbocycles. The van der Waals surface area contributed by atoms with Crippen LogP contribution in [0.2, 0.25) is 0 Å². The van der Waals surface area contributed by atoms with Crippen LogP contribution < -0.4 is 0 Å². The van der Waals surface area contributed by atoms with E-state index >= 15 is 0 Å². The summed E-state index contributed by atoms with van der Waals surface area (Å²) in [5, 5.41) is 0. The van der Waals surface area contributed by atoms with Crippen LogP contribution in [0.3, 0.4) is 0 Å². The van der Waals surface area contributed by atoms with E-state index in [-0.39, 0.29) is 4.83 Å². The van der Waals surface area contributed by atoms with E-state index in [0.29, 0.717) is 0 Å². The fourth-order valence-corrected chi connectivity index (χ4v) is 3.62. The number of aryl methyl sites for hydroxylation is 1. The van der Waals surface area contributed by atoms with E-state index < -0.39 is 10.8 Å². The second-order valence-electron chi connectivity index (χ2n) is 4.24. The van der Waals surface area contributed by atoms with Gasteiger partial charge in [0.05, 0.1) is 10.8 Å². The van der Waals surface area contributed by atoms with Gasteiger partial charge in [0.2, 0.25) is 0 Å². The minimum atomic E-state index is -1.12. The van der Waals surface area contributed by atoms with Crippen LogP contribution >= 0.6 is 15.9 Å². The number of hydrogen-bond donors (Lipinski definition) is 0. The highest BCUT2D eigenvalue weighted by Crippen LogP contribution is 2.29. The Morgan fingerprint density at radius 1 is 1.06 bits per heavy atom. The third kappa shape index (κ3) is 2.90. The minimum Gasteiger partial charge on any atom is -0.249 e. The lowest BCUT2D eigenvalue weighted by Gasteiger charge is -2.11. The number of rotatable bonds is 3. The van der Waals surface area contributed by atoms with Gasteiger partial charge in [-0.05, 0) is 37.6 Å². The predicted octanol–water partition coefficient (Wildman–Crippen LogP) is 4.62. The zero-order valence-electron chi connectivity index (χ0n) is 10.4. The fraction of sp³-hybridized carbons (Fsp3) is 0.200. The molecule has 18 heavy (non-hydrogen) atoms. The average Bonchev–Trinajstić information content (AvgIpc) is 2.39. The molecule has 0 N–H and O–H groups in total. The molecule has 0 aliphatic heterocycles. The van der Waals surface area contributed by atoms with Gasteiger partial charge < -0.3 is 0 Å². The van der Waals surface area contributed by atoms with Crippen molar-refractivity contribution in [2.24, 2.45) is 0 Å². The first-order chi connectivity index (χ1) is 8.59. The maximum absolute atomic E-state index is 12.6. The van der Waals surface area contributed by atoms with E-state index in [0.717, 1.165) is 15.4 Å². The molecule has 0 aromatic heterocycles. The van der Waals surface area contributed by atoms with Crippen molar-refractivity contribution in [1.29, 1.82) is 0 Å². The van der Waals surface area contributed by atoms with Gasteiger partial charge in [0, 0.05) is 14.6 Å². The summed E-state index contributed by atoms with van der Waals surface area (Å²) in [6.45, 7) is 4.08. The van der Waals surface area contributed by atoms with Crippen LogP contribution in [0.25, 0.3) is 0 Å². The van der Waals surface area contributed by atoms with Crippen LogP contribution in [0.4, 0.5) is 0 Å². The number of alkyl halides is 1. The van der Waals surface area contributed by atoms with Crippen molar-refractivity contribution in [3.8, 4) is 0 Å². The molecule has 2 aromatic rings. The lowest BCUT2D eigenvalue weighted by atomic mass is 10.2. The largest absolute Gasteiger partial charge is 0.249 e. The summed E-state index contributed by atoms with van der Waals surface area (Å²) in [5.74, 6) is 0. The molecule has 0 amide bonds. The molecule has 0 saturated heterocycles. The molecule has 0 fully saturated rings. The first-order valence-corrected chi connectivity index (χ1v) is 7.87. The quantitative estimate of drug-likeness (QED) is 0.754. The molecule has 2 atom stereocenters. The lowest BCUT2D eigenvalue weighted by Crippen LogP contribution is -1.98. The molecule has 2 aromatic carbocycles. The Morgan fingerprint density at radius 3 is 2.28 bits per heavy atom. The van der Waals surface area contributed by atoms with Gasteiger partial charge in [-0.3, -0.25) is 0 Å². The zero-order chi connectivity index (χ0) is 13.1. The molecule has 1 nitrogen and oxygen atoms in total. The van der Waals surface area contributed by atoms with Crippen molar-refractivity contribution in [3.63, 3.8) is 0 Å². The van der Waals surface area contributed by atoms with Crippen LogP contribution in [0.15, 0.2) is 58.3 Å². The highest BCUT2D eigenvalue weighted by molar-refractivity contribution is 9.09. The highest BCUT2D eigenvalue weighted by atomic mass is 79.9. The number of halogens is 1. The topological polar surface area (TPSA) is 17.1 Å². The third-order valence-corrected chi connectivity index (χ3v) is 4.75. The number of benzene rings is 2. The van der Waals surface area contributed by atoms with Crippen LogP contribution in [-0.4, -0.2) is 4.21 Å². The van der Waals surface area contributed by atoms with Crippen LogP contribution in [0.5, 0.6) is 0 Å². The van der Waals surface area contributed by atoms with Crippen LogP contribution in [-0.2, 0) is 10.8 Å². The second kappa shape index (κ2) is 5.81. The molecule has 0 spiro atoms. The average molecular weight is 323 g/mol. The van der Waals surface area contributed by atoms with Crippen LogP contribution in [0.1, 0.15) is 22.9 Å². The minimum absolute atomic E-state index is 0.197. The van der Waals surface area contributed by atoms with Gasteiger partial charge >= 0.3 is 0 Å². The van der Waals surface area contributed by atoms with E-state index in [1.165, 1.54) is 5.56 Å². The predicted molar refractivity (Wildman–Crippen MR) is 79.6 cm³/mol. The zero-order valence-corrected chi connectivity index (χ0v) is 12.8. The maximum atomic E-state index is 12.6. The monoisotopic (exact) mass is 322 g/mol. The molecule has 1 unspecified atom stereocenters. The summed E-state index contributed by atoms with van der Waals surface area (Å²) in [7, 11) is -1.12. The Morgan fingerprint density at radius 2 is 1.67 bits per heavy atom. The molecule has 0 aliphatic rings. The SMILES string of the molecule is Cc1ccc(S(=O)c2ccccc2[C@@H](C)Br)cc1. The van der Waals surface area contributed by atoms with E-state index in [4.69, 9.17) is 0 Å². The molecule has 3 heteroatoms. The highest BCUT2D eigenvalue weighted by Gasteiger charge is 2.14. The first-order valence-electron chi connectivity index (χ1n) is 5.81. The van der Waals surface area contributed by atoms with E-state index in [1.807, 2.05) is 62.4 Å². The lowest BCUT2D eigenvalue weighted by molar-refractivity contribution is 0.682. The molecule has 2 rings (SSSR count). The maximum Gasteiger partial charge on any atom is 0.0852 e. The van der Waals surface area contributed by atoms with Crippen molar-refractivity contribution in [2.75, 3.05) is 0 Å². The summed E-state index contributed by atoms with van der Waals surface area (Å²) in [4.78, 5) is 1.93. The molecule has 0 bridgehead atoms. The Balaban J connectivity index is 2.43. The Hall–Kier alpha value is -0.930. The van der Waals surface area contributed by atoms with Gasteiger partial charge in [-0.15, -0.1) is 0 Å². The Kier molecular flexibility index (Phi) is 4.36. The Bertz CT molecular complexity index is 561.